The van der Waals surface area contributed by atoms with Crippen LogP contribution < -0.4 is 9.47 Å². The second-order valence-corrected chi connectivity index (χ2v) is 10.4. The van der Waals surface area contributed by atoms with Crippen LogP contribution >= 0.6 is 0 Å². The van der Waals surface area contributed by atoms with Gasteiger partial charge in [-0.1, -0.05) is 76.1 Å². The molecule has 0 saturated carbocycles. The van der Waals surface area contributed by atoms with E-state index in [-0.39, 0.29) is 11.3 Å². The Kier molecular flexibility index (Phi) is 11.2. The molecule has 42 heavy (non-hydrogen) atoms. The zero-order valence-electron chi connectivity index (χ0n) is 24.9. The fraction of sp³-hybridized carbons (Fsp3) is 0.371. The molecule has 1 aliphatic rings. The number of nitrogens with zero attached hydrogens (tertiary/aromatic N) is 2. The summed E-state index contributed by atoms with van der Waals surface area (Å²) in [5.41, 5.74) is 2.34. The van der Waals surface area contributed by atoms with Gasteiger partial charge in [-0.2, -0.15) is 0 Å². The average molecular weight is 571 g/mol. The minimum atomic E-state index is -0.705. The van der Waals surface area contributed by atoms with Crippen molar-refractivity contribution >= 4 is 17.4 Å². The molecule has 1 amide bonds. The summed E-state index contributed by atoms with van der Waals surface area (Å²) in [4.78, 5) is 30.5. The van der Waals surface area contributed by atoms with Crippen molar-refractivity contribution in [1.29, 1.82) is 0 Å². The highest BCUT2D eigenvalue weighted by atomic mass is 16.5. The summed E-state index contributed by atoms with van der Waals surface area (Å²) in [7, 11) is 0. The molecule has 1 atom stereocenters. The second-order valence-electron chi connectivity index (χ2n) is 10.4. The minimum absolute atomic E-state index is 0.0918. The number of carbonyl (C=O) groups excluding carboxylic acids is 2. The highest BCUT2D eigenvalue weighted by Gasteiger charge is 2.46. The molecule has 1 heterocycles. The Labute approximate surface area is 249 Å². The number of hydrogen-bond donors (Lipinski definition) is 1. The van der Waals surface area contributed by atoms with Gasteiger partial charge in [0.1, 0.15) is 23.9 Å². The van der Waals surface area contributed by atoms with E-state index < -0.39 is 17.7 Å². The van der Waals surface area contributed by atoms with Gasteiger partial charge in [0, 0.05) is 18.7 Å². The Morgan fingerprint density at radius 3 is 2.12 bits per heavy atom. The number of unbranched alkanes of at least 4 members (excludes halogenated alkanes) is 2. The van der Waals surface area contributed by atoms with Gasteiger partial charge in [0.05, 0.1) is 18.2 Å². The number of benzene rings is 3. The molecule has 7 heteroatoms. The number of likely N-dealkylation sites (tertiary alicyclic amines) is 1. The lowest BCUT2D eigenvalue weighted by atomic mass is 9.95. The van der Waals surface area contributed by atoms with Crippen molar-refractivity contribution in [3.8, 4) is 11.5 Å². The third-order valence-corrected chi connectivity index (χ3v) is 7.68. The quantitative estimate of drug-likeness (QED) is 0.0960. The van der Waals surface area contributed by atoms with Crippen LogP contribution in [0.2, 0.25) is 0 Å². The zero-order valence-corrected chi connectivity index (χ0v) is 24.9. The molecule has 4 rings (SSSR count). The van der Waals surface area contributed by atoms with Crippen LogP contribution in [-0.4, -0.2) is 59.4 Å². The predicted octanol–water partition coefficient (Wildman–Crippen LogP) is 6.60. The molecule has 222 valence electrons. The highest BCUT2D eigenvalue weighted by molar-refractivity contribution is 6.46. The van der Waals surface area contributed by atoms with E-state index in [2.05, 4.69) is 25.7 Å². The van der Waals surface area contributed by atoms with E-state index >= 15 is 0 Å². The van der Waals surface area contributed by atoms with Crippen LogP contribution in [0.3, 0.4) is 0 Å². The molecule has 0 bridgehead atoms. The largest absolute Gasteiger partial charge is 0.507 e. The first kappa shape index (κ1) is 30.8. The van der Waals surface area contributed by atoms with Gasteiger partial charge in [0.2, 0.25) is 0 Å². The highest BCUT2D eigenvalue weighted by Crippen LogP contribution is 2.40. The third-order valence-electron chi connectivity index (χ3n) is 7.68. The number of aliphatic hydroxyl groups is 1. The van der Waals surface area contributed by atoms with Gasteiger partial charge in [-0.3, -0.25) is 9.59 Å². The maximum Gasteiger partial charge on any atom is 0.295 e. The number of carbonyl (C=O) groups is 2. The first-order valence-electron chi connectivity index (χ1n) is 15.0. The standard InChI is InChI=1S/C35H42N2O5/c1-4-7-11-24-41-29-18-14-27(15-19-29)32-31(34(39)35(40)37(32)23-22-36(5-2)6-3)33(38)28-16-20-30(21-17-28)42-25-26-12-9-8-10-13-26/h8-10,12-21,32,38H,4-7,11,22-25H2,1-3H3/b33-31+. The third kappa shape index (κ3) is 7.59. The fourth-order valence-corrected chi connectivity index (χ4v) is 5.14. The van der Waals surface area contributed by atoms with Gasteiger partial charge < -0.3 is 24.4 Å². The van der Waals surface area contributed by atoms with E-state index in [4.69, 9.17) is 9.47 Å². The van der Waals surface area contributed by atoms with E-state index in [0.29, 0.717) is 37.6 Å². The summed E-state index contributed by atoms with van der Waals surface area (Å²) >= 11 is 0. The number of hydrogen-bond acceptors (Lipinski definition) is 6. The lowest BCUT2D eigenvalue weighted by Crippen LogP contribution is -2.38. The van der Waals surface area contributed by atoms with Gasteiger partial charge >= 0.3 is 0 Å². The summed E-state index contributed by atoms with van der Waals surface area (Å²) in [5, 5.41) is 11.5. The number of rotatable bonds is 15. The maximum absolute atomic E-state index is 13.4. The van der Waals surface area contributed by atoms with Crippen molar-refractivity contribution in [3.63, 3.8) is 0 Å². The van der Waals surface area contributed by atoms with Crippen molar-refractivity contribution in [2.45, 2.75) is 52.7 Å². The Bertz CT molecular complexity index is 1330. The number of Topliss-reactive ketones (excluding diaryl/α,β-unsaturated/α-hetero) is 1. The molecule has 0 aliphatic carbocycles. The number of likely N-dealkylation sites (N-methyl/N-ethyl adjacent to an activating group) is 1. The van der Waals surface area contributed by atoms with Gasteiger partial charge in [-0.05, 0) is 67.0 Å². The van der Waals surface area contributed by atoms with Crippen LogP contribution in [0.1, 0.15) is 62.8 Å². The van der Waals surface area contributed by atoms with Crippen molar-refractivity contribution in [3.05, 3.63) is 101 Å². The maximum atomic E-state index is 13.4. The summed E-state index contributed by atoms with van der Waals surface area (Å²) in [5.74, 6) is -0.0989. The van der Waals surface area contributed by atoms with E-state index in [9.17, 15) is 14.7 Å². The van der Waals surface area contributed by atoms with Gasteiger partial charge in [-0.15, -0.1) is 0 Å². The normalized spacial score (nSPS) is 16.3. The average Bonchev–Trinajstić information content (AvgIpc) is 3.28. The van der Waals surface area contributed by atoms with Crippen molar-refractivity contribution < 1.29 is 24.2 Å². The molecule has 1 N–H and O–H groups in total. The van der Waals surface area contributed by atoms with Crippen LogP contribution in [0.4, 0.5) is 0 Å². The second kappa shape index (κ2) is 15.2. The number of aliphatic hydroxyl groups excluding tert-OH is 1. The van der Waals surface area contributed by atoms with E-state index in [1.54, 1.807) is 29.2 Å². The smallest absolute Gasteiger partial charge is 0.295 e. The van der Waals surface area contributed by atoms with Gasteiger partial charge in [-0.25, -0.2) is 0 Å². The van der Waals surface area contributed by atoms with E-state index in [1.807, 2.05) is 54.6 Å². The van der Waals surface area contributed by atoms with Crippen LogP contribution in [0, 0.1) is 0 Å². The van der Waals surface area contributed by atoms with Gasteiger partial charge in [0.25, 0.3) is 11.7 Å². The van der Waals surface area contributed by atoms with Crippen LogP contribution in [0.25, 0.3) is 5.76 Å². The molecular weight excluding hydrogens is 528 g/mol. The van der Waals surface area contributed by atoms with E-state index in [1.165, 1.54) is 0 Å². The molecule has 1 aliphatic heterocycles. The Balaban J connectivity index is 1.61. The molecule has 0 radical (unpaired) electrons. The van der Waals surface area contributed by atoms with Gasteiger partial charge in [0.15, 0.2) is 0 Å². The lowest BCUT2D eigenvalue weighted by Gasteiger charge is -2.28. The number of ether oxygens (including phenoxy) is 2. The van der Waals surface area contributed by atoms with Crippen LogP contribution in [0.5, 0.6) is 11.5 Å². The molecular formula is C35H42N2O5. The van der Waals surface area contributed by atoms with Crippen molar-refractivity contribution in [2.24, 2.45) is 0 Å². The fourth-order valence-electron chi connectivity index (χ4n) is 5.14. The topological polar surface area (TPSA) is 79.3 Å². The first-order valence-corrected chi connectivity index (χ1v) is 15.0. The number of amides is 1. The molecule has 0 spiro atoms. The molecule has 3 aromatic carbocycles. The summed E-state index contributed by atoms with van der Waals surface area (Å²) in [6.07, 6.45) is 3.22. The summed E-state index contributed by atoms with van der Waals surface area (Å²) < 4.78 is 11.8. The van der Waals surface area contributed by atoms with E-state index in [0.717, 1.165) is 49.2 Å². The number of ketones is 1. The van der Waals surface area contributed by atoms with Crippen molar-refractivity contribution in [2.75, 3.05) is 32.8 Å². The van der Waals surface area contributed by atoms with Crippen LogP contribution in [-0.2, 0) is 16.2 Å². The Morgan fingerprint density at radius 1 is 0.833 bits per heavy atom. The molecule has 3 aromatic rings. The molecule has 1 saturated heterocycles. The predicted molar refractivity (Wildman–Crippen MR) is 165 cm³/mol. The van der Waals surface area contributed by atoms with Crippen LogP contribution in [0.15, 0.2) is 84.4 Å². The Hall–Kier alpha value is -4.10. The summed E-state index contributed by atoms with van der Waals surface area (Å²) in [6, 6.07) is 23.6. The SMILES string of the molecule is CCCCCOc1ccc(C2/C(=C(\O)c3ccc(OCc4ccccc4)cc3)C(=O)C(=O)N2CCN(CC)CC)cc1. The monoisotopic (exact) mass is 570 g/mol. The molecule has 7 nitrogen and oxygen atoms in total. The molecule has 1 fully saturated rings. The lowest BCUT2D eigenvalue weighted by molar-refractivity contribution is -0.140. The first-order chi connectivity index (χ1) is 20.5. The molecule has 0 aromatic heterocycles. The molecule has 1 unspecified atom stereocenters. The minimum Gasteiger partial charge on any atom is -0.507 e. The van der Waals surface area contributed by atoms with Crippen molar-refractivity contribution in [1.82, 2.24) is 9.80 Å². The Morgan fingerprint density at radius 2 is 1.48 bits per heavy atom. The zero-order chi connectivity index (χ0) is 29.9. The summed E-state index contributed by atoms with van der Waals surface area (Å²) in [6.45, 7) is 10.0.